The topological polar surface area (TPSA) is 12.5 Å². The predicted octanol–water partition coefficient (Wildman–Crippen LogP) is 1.18. The SMILES string of the molecule is [CH2]CCOCCCN(C)C. The third-order valence-electron chi connectivity index (χ3n) is 1.18. The van der Waals surface area contributed by atoms with Gasteiger partial charge in [0.05, 0.1) is 0 Å². The van der Waals surface area contributed by atoms with Crippen molar-refractivity contribution < 1.29 is 4.74 Å². The van der Waals surface area contributed by atoms with Crippen molar-refractivity contribution in [2.75, 3.05) is 33.9 Å². The molecule has 0 aromatic heterocycles. The van der Waals surface area contributed by atoms with Gasteiger partial charge in [0.1, 0.15) is 0 Å². The third kappa shape index (κ3) is 7.92. The number of rotatable bonds is 6. The molecule has 0 aliphatic rings. The Morgan fingerprint density at radius 3 is 2.50 bits per heavy atom. The van der Waals surface area contributed by atoms with Gasteiger partial charge in [-0.15, -0.1) is 0 Å². The minimum Gasteiger partial charge on any atom is -0.381 e. The van der Waals surface area contributed by atoms with E-state index in [0.717, 1.165) is 32.6 Å². The van der Waals surface area contributed by atoms with Crippen LogP contribution in [0.3, 0.4) is 0 Å². The molecular formula is C8H18NO. The van der Waals surface area contributed by atoms with Gasteiger partial charge in [0.2, 0.25) is 0 Å². The van der Waals surface area contributed by atoms with Crippen molar-refractivity contribution in [3.63, 3.8) is 0 Å². The lowest BCUT2D eigenvalue weighted by Crippen LogP contribution is -2.14. The smallest absolute Gasteiger partial charge is 0.0478 e. The van der Waals surface area contributed by atoms with Crippen LogP contribution in [0.4, 0.5) is 0 Å². The summed E-state index contributed by atoms with van der Waals surface area (Å²) in [5.41, 5.74) is 0. The van der Waals surface area contributed by atoms with E-state index in [9.17, 15) is 0 Å². The molecule has 0 aromatic carbocycles. The van der Waals surface area contributed by atoms with Crippen LogP contribution in [0, 0.1) is 6.92 Å². The minimum absolute atomic E-state index is 0.799. The average molecular weight is 144 g/mol. The molecule has 0 fully saturated rings. The zero-order chi connectivity index (χ0) is 7.82. The first-order valence-corrected chi connectivity index (χ1v) is 3.79. The first-order chi connectivity index (χ1) is 4.77. The zero-order valence-electron chi connectivity index (χ0n) is 7.10. The Hall–Kier alpha value is -0.0800. The van der Waals surface area contributed by atoms with Gasteiger partial charge in [-0.05, 0) is 33.5 Å². The summed E-state index contributed by atoms with van der Waals surface area (Å²) in [4.78, 5) is 2.16. The Bertz CT molecular complexity index is 64.3. The number of ether oxygens (including phenoxy) is 1. The Labute approximate surface area is 64.2 Å². The number of hydrogen-bond donors (Lipinski definition) is 0. The van der Waals surface area contributed by atoms with Gasteiger partial charge in [-0.2, -0.15) is 0 Å². The minimum atomic E-state index is 0.799. The van der Waals surface area contributed by atoms with Gasteiger partial charge in [-0.3, -0.25) is 0 Å². The van der Waals surface area contributed by atoms with Gasteiger partial charge in [0, 0.05) is 13.2 Å². The zero-order valence-corrected chi connectivity index (χ0v) is 7.10. The van der Waals surface area contributed by atoms with Crippen LogP contribution in [-0.4, -0.2) is 38.8 Å². The molecule has 0 aliphatic heterocycles. The third-order valence-corrected chi connectivity index (χ3v) is 1.18. The van der Waals surface area contributed by atoms with Crippen LogP contribution in [0.2, 0.25) is 0 Å². The summed E-state index contributed by atoms with van der Waals surface area (Å²) in [6, 6.07) is 0. The average Bonchev–Trinajstić information content (AvgIpc) is 1.87. The second-order valence-electron chi connectivity index (χ2n) is 2.62. The van der Waals surface area contributed by atoms with Crippen LogP contribution >= 0.6 is 0 Å². The van der Waals surface area contributed by atoms with E-state index in [2.05, 4.69) is 25.9 Å². The summed E-state index contributed by atoms with van der Waals surface area (Å²) in [6.45, 7) is 6.46. The van der Waals surface area contributed by atoms with Crippen molar-refractivity contribution in [1.82, 2.24) is 4.90 Å². The Morgan fingerprint density at radius 2 is 2.00 bits per heavy atom. The molecule has 0 saturated carbocycles. The van der Waals surface area contributed by atoms with Gasteiger partial charge in [-0.25, -0.2) is 0 Å². The van der Waals surface area contributed by atoms with Crippen molar-refractivity contribution in [2.45, 2.75) is 12.8 Å². The lowest BCUT2D eigenvalue weighted by Gasteiger charge is -2.08. The Balaban J connectivity index is 2.77. The maximum Gasteiger partial charge on any atom is 0.0478 e. The molecule has 0 rings (SSSR count). The van der Waals surface area contributed by atoms with Gasteiger partial charge in [-0.1, -0.05) is 6.92 Å². The molecule has 10 heavy (non-hydrogen) atoms. The first kappa shape index (κ1) is 9.92. The summed E-state index contributed by atoms with van der Waals surface area (Å²) in [5.74, 6) is 0. The molecule has 0 atom stereocenters. The van der Waals surface area contributed by atoms with Gasteiger partial charge in [0.25, 0.3) is 0 Å². The Morgan fingerprint density at radius 1 is 1.30 bits per heavy atom. The van der Waals surface area contributed by atoms with Crippen LogP contribution in [-0.2, 0) is 4.74 Å². The molecule has 0 bridgehead atoms. The summed E-state index contributed by atoms with van der Waals surface area (Å²) in [6.07, 6.45) is 2.00. The molecule has 0 spiro atoms. The van der Waals surface area contributed by atoms with Crippen molar-refractivity contribution in [3.8, 4) is 0 Å². The fourth-order valence-electron chi connectivity index (χ4n) is 0.687. The highest BCUT2D eigenvalue weighted by Crippen LogP contribution is 1.86. The number of hydrogen-bond acceptors (Lipinski definition) is 2. The van der Waals surface area contributed by atoms with Gasteiger partial charge < -0.3 is 9.64 Å². The van der Waals surface area contributed by atoms with Crippen LogP contribution in [0.1, 0.15) is 12.8 Å². The molecule has 0 aliphatic carbocycles. The summed E-state index contributed by atoms with van der Waals surface area (Å²) < 4.78 is 5.24. The van der Waals surface area contributed by atoms with E-state index >= 15 is 0 Å². The van der Waals surface area contributed by atoms with Crippen molar-refractivity contribution in [1.29, 1.82) is 0 Å². The van der Waals surface area contributed by atoms with E-state index in [4.69, 9.17) is 4.74 Å². The van der Waals surface area contributed by atoms with Gasteiger partial charge in [0.15, 0.2) is 0 Å². The van der Waals surface area contributed by atoms with E-state index in [1.807, 2.05) is 0 Å². The lowest BCUT2D eigenvalue weighted by atomic mass is 10.4. The molecule has 0 aromatic rings. The highest BCUT2D eigenvalue weighted by molar-refractivity contribution is 4.43. The van der Waals surface area contributed by atoms with Crippen LogP contribution in [0.5, 0.6) is 0 Å². The maximum atomic E-state index is 5.24. The molecule has 0 N–H and O–H groups in total. The van der Waals surface area contributed by atoms with Crippen LogP contribution in [0.15, 0.2) is 0 Å². The molecule has 1 radical (unpaired) electrons. The summed E-state index contributed by atoms with van der Waals surface area (Å²) in [5, 5.41) is 0. The largest absolute Gasteiger partial charge is 0.381 e. The molecule has 2 nitrogen and oxygen atoms in total. The van der Waals surface area contributed by atoms with E-state index in [0.29, 0.717) is 0 Å². The standard InChI is InChI=1S/C8H18NO/c1-4-7-10-8-5-6-9(2)3/h1,4-8H2,2-3H3. The fraction of sp³-hybridized carbons (Fsp3) is 0.875. The van der Waals surface area contributed by atoms with Crippen LogP contribution < -0.4 is 0 Å². The lowest BCUT2D eigenvalue weighted by molar-refractivity contribution is 0.130. The van der Waals surface area contributed by atoms with E-state index in [1.165, 1.54) is 0 Å². The predicted molar refractivity (Wildman–Crippen MR) is 44.0 cm³/mol. The van der Waals surface area contributed by atoms with E-state index in [-0.39, 0.29) is 0 Å². The molecule has 2 heteroatoms. The second kappa shape index (κ2) is 7.03. The summed E-state index contributed by atoms with van der Waals surface area (Å²) in [7, 11) is 4.14. The van der Waals surface area contributed by atoms with E-state index < -0.39 is 0 Å². The normalized spacial score (nSPS) is 10.8. The van der Waals surface area contributed by atoms with Crippen LogP contribution in [0.25, 0.3) is 0 Å². The molecule has 0 saturated heterocycles. The molecule has 0 unspecified atom stereocenters. The highest BCUT2D eigenvalue weighted by Gasteiger charge is 1.89. The number of nitrogens with zero attached hydrogens (tertiary/aromatic N) is 1. The second-order valence-corrected chi connectivity index (χ2v) is 2.62. The molecule has 61 valence electrons. The molecule has 0 amide bonds. The highest BCUT2D eigenvalue weighted by atomic mass is 16.5. The fourth-order valence-corrected chi connectivity index (χ4v) is 0.687. The summed E-state index contributed by atoms with van der Waals surface area (Å²) >= 11 is 0. The van der Waals surface area contributed by atoms with Crippen molar-refractivity contribution >= 4 is 0 Å². The monoisotopic (exact) mass is 144 g/mol. The molecule has 0 heterocycles. The van der Waals surface area contributed by atoms with Crippen molar-refractivity contribution in [3.05, 3.63) is 6.92 Å². The maximum absolute atomic E-state index is 5.24. The van der Waals surface area contributed by atoms with Crippen molar-refractivity contribution in [2.24, 2.45) is 0 Å². The Kier molecular flexibility index (Phi) is 6.98. The molecular weight excluding hydrogens is 126 g/mol. The first-order valence-electron chi connectivity index (χ1n) is 3.79. The quantitative estimate of drug-likeness (QED) is 0.519. The van der Waals surface area contributed by atoms with E-state index in [1.54, 1.807) is 0 Å². The van der Waals surface area contributed by atoms with Gasteiger partial charge >= 0.3 is 0 Å².